The highest BCUT2D eigenvalue weighted by Crippen LogP contribution is 2.00. The normalized spacial score (nSPS) is 11.2. The molecule has 0 heterocycles. The molecule has 0 aromatic heterocycles. The van der Waals surface area contributed by atoms with Crippen LogP contribution in [0.3, 0.4) is 0 Å². The molecule has 0 radical (unpaired) electrons. The number of benzene rings is 1. The molecular weight excluding hydrogens is 316 g/mol. The van der Waals surface area contributed by atoms with Gasteiger partial charge in [0.15, 0.2) is 0 Å². The van der Waals surface area contributed by atoms with E-state index in [1.165, 1.54) is 6.92 Å². The number of carbonyl (C=O) groups excluding carboxylic acids is 3. The van der Waals surface area contributed by atoms with Crippen molar-refractivity contribution in [1.29, 1.82) is 0 Å². The van der Waals surface area contributed by atoms with Crippen molar-refractivity contribution in [1.82, 2.24) is 10.6 Å². The number of rotatable bonds is 9. The smallest absolute Gasteiger partial charge is 0.408 e. The number of carbonyl (C=O) groups is 3. The molecule has 132 valence electrons. The van der Waals surface area contributed by atoms with E-state index >= 15 is 0 Å². The fraction of sp³-hybridized carbons (Fsp3) is 0.438. The van der Waals surface area contributed by atoms with E-state index in [-0.39, 0.29) is 19.1 Å². The highest BCUT2D eigenvalue weighted by atomic mass is 17.2. The van der Waals surface area contributed by atoms with Crippen LogP contribution >= 0.6 is 0 Å². The lowest BCUT2D eigenvalue weighted by Crippen LogP contribution is -2.45. The second-order valence-corrected chi connectivity index (χ2v) is 4.97. The largest absolute Gasteiger partial charge is 0.445 e. The molecule has 1 unspecified atom stereocenters. The van der Waals surface area contributed by atoms with Gasteiger partial charge in [-0.1, -0.05) is 30.3 Å². The van der Waals surface area contributed by atoms with Crippen molar-refractivity contribution >= 4 is 18.0 Å². The van der Waals surface area contributed by atoms with Crippen molar-refractivity contribution in [3.05, 3.63) is 35.9 Å². The summed E-state index contributed by atoms with van der Waals surface area (Å²) < 4.78 is 5.03. The molecule has 8 nitrogen and oxygen atoms in total. The maximum absolute atomic E-state index is 11.8. The molecule has 0 bridgehead atoms. The van der Waals surface area contributed by atoms with Crippen LogP contribution in [0.25, 0.3) is 0 Å². The summed E-state index contributed by atoms with van der Waals surface area (Å²) in [5.74, 6) is -0.884. The minimum Gasteiger partial charge on any atom is -0.445 e. The van der Waals surface area contributed by atoms with Crippen molar-refractivity contribution in [2.75, 3.05) is 13.2 Å². The Hall–Kier alpha value is -2.61. The Balaban J connectivity index is 2.14. The molecule has 1 aromatic rings. The van der Waals surface area contributed by atoms with Gasteiger partial charge < -0.3 is 15.4 Å². The highest BCUT2D eigenvalue weighted by Gasteiger charge is 2.15. The number of hydrogen-bond acceptors (Lipinski definition) is 6. The van der Waals surface area contributed by atoms with Crippen LogP contribution in [0, 0.1) is 0 Å². The SMILES string of the molecule is CC(=O)OOCCCNC(=O)C(C)NC(=O)OCc1ccccc1. The number of alkyl carbamates (subject to hydrolysis) is 1. The standard InChI is InChI=1S/C16H22N2O6/c1-12(15(20)17-9-6-10-23-24-13(2)19)18-16(21)22-11-14-7-4-3-5-8-14/h3-5,7-8,12H,6,9-11H2,1-2H3,(H,17,20)(H,18,21). The summed E-state index contributed by atoms with van der Waals surface area (Å²) >= 11 is 0. The summed E-state index contributed by atoms with van der Waals surface area (Å²) in [6.07, 6.45) is -0.204. The molecule has 1 aromatic carbocycles. The zero-order chi connectivity index (χ0) is 17.8. The van der Waals surface area contributed by atoms with Gasteiger partial charge in [0.1, 0.15) is 12.6 Å². The topological polar surface area (TPSA) is 103 Å². The Morgan fingerprint density at radius 1 is 1.17 bits per heavy atom. The van der Waals surface area contributed by atoms with Crippen molar-refractivity contribution < 1.29 is 28.9 Å². The van der Waals surface area contributed by atoms with Crippen molar-refractivity contribution in [2.24, 2.45) is 0 Å². The Bertz CT molecular complexity index is 535. The second kappa shape index (κ2) is 11.0. The van der Waals surface area contributed by atoms with E-state index in [2.05, 4.69) is 20.4 Å². The van der Waals surface area contributed by atoms with Crippen molar-refractivity contribution in [3.63, 3.8) is 0 Å². The van der Waals surface area contributed by atoms with E-state index in [9.17, 15) is 14.4 Å². The van der Waals surface area contributed by atoms with Crippen molar-refractivity contribution in [3.8, 4) is 0 Å². The van der Waals surface area contributed by atoms with E-state index in [0.717, 1.165) is 5.56 Å². The molecule has 0 saturated carbocycles. The summed E-state index contributed by atoms with van der Waals surface area (Å²) in [4.78, 5) is 42.7. The fourth-order valence-corrected chi connectivity index (χ4v) is 1.63. The number of amides is 2. The average molecular weight is 338 g/mol. The fourth-order valence-electron chi connectivity index (χ4n) is 1.63. The predicted octanol–water partition coefficient (Wildman–Crippen LogP) is 1.30. The second-order valence-electron chi connectivity index (χ2n) is 4.97. The number of hydrogen-bond donors (Lipinski definition) is 2. The lowest BCUT2D eigenvalue weighted by Gasteiger charge is -2.14. The number of nitrogens with one attached hydrogen (secondary N) is 2. The summed E-state index contributed by atoms with van der Waals surface area (Å²) in [6.45, 7) is 3.40. The minimum absolute atomic E-state index is 0.133. The summed E-state index contributed by atoms with van der Waals surface area (Å²) in [6, 6.07) is 8.49. The quantitative estimate of drug-likeness (QED) is 0.400. The van der Waals surface area contributed by atoms with Crippen molar-refractivity contribution in [2.45, 2.75) is 32.9 Å². The van der Waals surface area contributed by atoms with Gasteiger partial charge in [0.2, 0.25) is 5.91 Å². The lowest BCUT2D eigenvalue weighted by molar-refractivity contribution is -0.270. The molecule has 0 aliphatic carbocycles. The summed E-state index contributed by atoms with van der Waals surface area (Å²) in [5.41, 5.74) is 0.859. The maximum atomic E-state index is 11.8. The lowest BCUT2D eigenvalue weighted by atomic mass is 10.2. The van der Waals surface area contributed by atoms with Crippen LogP contribution in [0.5, 0.6) is 0 Å². The van der Waals surface area contributed by atoms with Gasteiger partial charge in [0.25, 0.3) is 0 Å². The first-order valence-corrected chi connectivity index (χ1v) is 7.54. The molecular formula is C16H22N2O6. The highest BCUT2D eigenvalue weighted by molar-refractivity contribution is 5.85. The average Bonchev–Trinajstić information content (AvgIpc) is 2.56. The van der Waals surface area contributed by atoms with E-state index < -0.39 is 18.1 Å². The van der Waals surface area contributed by atoms with E-state index in [1.807, 2.05) is 30.3 Å². The molecule has 0 fully saturated rings. The zero-order valence-corrected chi connectivity index (χ0v) is 13.7. The third kappa shape index (κ3) is 8.74. The van der Waals surface area contributed by atoms with Crippen LogP contribution < -0.4 is 10.6 Å². The van der Waals surface area contributed by atoms with Gasteiger partial charge >= 0.3 is 12.1 Å². The van der Waals surface area contributed by atoms with Gasteiger partial charge in [-0.25, -0.2) is 9.59 Å². The van der Waals surface area contributed by atoms with E-state index in [0.29, 0.717) is 13.0 Å². The summed E-state index contributed by atoms with van der Waals surface area (Å²) in [7, 11) is 0. The third-order valence-corrected chi connectivity index (χ3v) is 2.82. The zero-order valence-electron chi connectivity index (χ0n) is 13.7. The van der Waals surface area contributed by atoms with Gasteiger partial charge in [0.05, 0.1) is 6.61 Å². The van der Waals surface area contributed by atoms with Gasteiger partial charge in [-0.3, -0.25) is 9.68 Å². The van der Waals surface area contributed by atoms with Crippen LogP contribution in [0.4, 0.5) is 4.79 Å². The Kier molecular flexibility index (Phi) is 8.91. The molecule has 2 N–H and O–H groups in total. The molecule has 0 aliphatic rings. The maximum Gasteiger partial charge on any atom is 0.408 e. The first-order valence-electron chi connectivity index (χ1n) is 7.54. The van der Waals surface area contributed by atoms with E-state index in [1.54, 1.807) is 6.92 Å². The molecule has 0 aliphatic heterocycles. The van der Waals surface area contributed by atoms with Gasteiger partial charge in [0, 0.05) is 13.5 Å². The van der Waals surface area contributed by atoms with Crippen LogP contribution in [0.1, 0.15) is 25.8 Å². The Labute approximate surface area is 140 Å². The molecule has 1 atom stereocenters. The number of ether oxygens (including phenoxy) is 1. The monoisotopic (exact) mass is 338 g/mol. The molecule has 2 amide bonds. The summed E-state index contributed by atoms with van der Waals surface area (Å²) in [5, 5.41) is 5.06. The molecule has 0 saturated heterocycles. The van der Waals surface area contributed by atoms with Crippen LogP contribution in [0.2, 0.25) is 0 Å². The first-order chi connectivity index (χ1) is 11.5. The van der Waals surface area contributed by atoms with Gasteiger partial charge in [-0.15, -0.1) is 0 Å². The van der Waals surface area contributed by atoms with Gasteiger partial charge in [-0.2, -0.15) is 4.89 Å². The molecule has 1 rings (SSSR count). The molecule has 8 heteroatoms. The van der Waals surface area contributed by atoms with Gasteiger partial charge in [-0.05, 0) is 18.9 Å². The van der Waals surface area contributed by atoms with Crippen LogP contribution in [-0.4, -0.2) is 37.2 Å². The van der Waals surface area contributed by atoms with Crippen LogP contribution in [0.15, 0.2) is 30.3 Å². The Morgan fingerprint density at radius 3 is 2.54 bits per heavy atom. The Morgan fingerprint density at radius 2 is 1.88 bits per heavy atom. The molecule has 24 heavy (non-hydrogen) atoms. The third-order valence-electron chi connectivity index (χ3n) is 2.82. The van der Waals surface area contributed by atoms with Crippen LogP contribution in [-0.2, 0) is 30.7 Å². The molecule has 0 spiro atoms. The van der Waals surface area contributed by atoms with E-state index in [4.69, 9.17) is 4.74 Å². The predicted molar refractivity (Wildman–Crippen MR) is 84.6 cm³/mol. The first kappa shape index (κ1) is 19.4. The minimum atomic E-state index is -0.734.